The third-order valence-electron chi connectivity index (χ3n) is 3.66. The average Bonchev–Trinajstić information content (AvgIpc) is 2.61. The average molecular weight is 334 g/mol. The Bertz CT molecular complexity index is 939. The van der Waals surface area contributed by atoms with E-state index in [4.69, 9.17) is 20.9 Å². The van der Waals surface area contributed by atoms with Gasteiger partial charge >= 0.3 is 0 Å². The molecule has 0 aliphatic rings. The monoisotopic (exact) mass is 334 g/mol. The van der Waals surface area contributed by atoms with Crippen molar-refractivity contribution in [3.8, 4) is 17.0 Å². The first kappa shape index (κ1) is 16.4. The predicted octanol–water partition coefficient (Wildman–Crippen LogP) is 2.92. The van der Waals surface area contributed by atoms with Crippen LogP contribution in [0.25, 0.3) is 22.2 Å². The van der Waals surface area contributed by atoms with Gasteiger partial charge < -0.3 is 10.5 Å². The molecule has 0 bridgehead atoms. The maximum Gasteiger partial charge on any atom is 0.258 e. The van der Waals surface area contributed by atoms with Crippen molar-refractivity contribution in [2.75, 3.05) is 6.61 Å². The number of nitrogens with two attached hydrogens (primary N) is 1. The molecule has 0 aliphatic heterocycles. The van der Waals surface area contributed by atoms with Gasteiger partial charge in [-0.3, -0.25) is 15.5 Å². The molecule has 0 fully saturated rings. The minimum absolute atomic E-state index is 0.389. The zero-order chi connectivity index (χ0) is 17.8. The van der Waals surface area contributed by atoms with E-state index >= 15 is 0 Å². The number of amides is 1. The quantitative estimate of drug-likeness (QED) is 0.504. The molecule has 0 atom stereocenters. The van der Waals surface area contributed by atoms with Gasteiger partial charge in [-0.25, -0.2) is 4.98 Å². The maximum atomic E-state index is 12.5. The number of carbonyl (C=O) groups excluding carboxylic acids is 1. The summed E-state index contributed by atoms with van der Waals surface area (Å²) >= 11 is 0. The molecule has 0 aliphatic carbocycles. The number of nitrogens with zero attached hydrogens (tertiary/aromatic N) is 1. The van der Waals surface area contributed by atoms with E-state index < -0.39 is 11.9 Å². The molecular formula is C19H18N4O2. The van der Waals surface area contributed by atoms with Crippen molar-refractivity contribution in [3.63, 3.8) is 0 Å². The molecule has 1 amide bonds. The number of guanidine groups is 1. The fourth-order valence-electron chi connectivity index (χ4n) is 2.63. The van der Waals surface area contributed by atoms with Gasteiger partial charge in [-0.1, -0.05) is 42.5 Å². The Balaban J connectivity index is 2.26. The predicted molar refractivity (Wildman–Crippen MR) is 97.7 cm³/mol. The van der Waals surface area contributed by atoms with Gasteiger partial charge in [0.25, 0.3) is 5.91 Å². The van der Waals surface area contributed by atoms with Crippen LogP contribution >= 0.6 is 0 Å². The van der Waals surface area contributed by atoms with Gasteiger partial charge in [-0.15, -0.1) is 0 Å². The van der Waals surface area contributed by atoms with Crippen molar-refractivity contribution >= 4 is 22.8 Å². The minimum atomic E-state index is -0.453. The molecule has 0 unspecified atom stereocenters. The third kappa shape index (κ3) is 3.42. The van der Waals surface area contributed by atoms with Gasteiger partial charge in [-0.2, -0.15) is 0 Å². The second-order valence-corrected chi connectivity index (χ2v) is 5.37. The number of nitrogens with one attached hydrogen (secondary N) is 2. The Morgan fingerprint density at radius 3 is 2.64 bits per heavy atom. The summed E-state index contributed by atoms with van der Waals surface area (Å²) in [6.45, 7) is 2.38. The van der Waals surface area contributed by atoms with Crippen LogP contribution < -0.4 is 15.8 Å². The van der Waals surface area contributed by atoms with Gasteiger partial charge in [0.05, 0.1) is 17.9 Å². The van der Waals surface area contributed by atoms with Crippen molar-refractivity contribution in [2.24, 2.45) is 5.73 Å². The largest absolute Gasteiger partial charge is 0.492 e. The summed E-state index contributed by atoms with van der Waals surface area (Å²) in [5, 5.41) is 10.3. The van der Waals surface area contributed by atoms with Crippen molar-refractivity contribution in [2.45, 2.75) is 6.92 Å². The van der Waals surface area contributed by atoms with Crippen LogP contribution in [0.4, 0.5) is 0 Å². The van der Waals surface area contributed by atoms with Gasteiger partial charge in [0.1, 0.15) is 11.3 Å². The lowest BCUT2D eigenvalue weighted by Crippen LogP contribution is -2.35. The topological polar surface area (TPSA) is 101 Å². The number of ether oxygens (including phenoxy) is 1. The summed E-state index contributed by atoms with van der Waals surface area (Å²) < 4.78 is 5.66. The summed E-state index contributed by atoms with van der Waals surface area (Å²) in [5.41, 5.74) is 7.83. The molecule has 6 nitrogen and oxygen atoms in total. The Hall–Kier alpha value is -3.41. The van der Waals surface area contributed by atoms with Crippen molar-refractivity contribution in [1.82, 2.24) is 10.3 Å². The number of benzene rings is 2. The molecule has 3 aromatic rings. The summed E-state index contributed by atoms with van der Waals surface area (Å²) in [7, 11) is 0. The Morgan fingerprint density at radius 2 is 1.96 bits per heavy atom. The van der Waals surface area contributed by atoms with Gasteiger partial charge in [-0.05, 0) is 19.1 Å². The van der Waals surface area contributed by atoms with E-state index in [1.54, 1.807) is 12.1 Å². The molecule has 0 saturated heterocycles. The number of hydrogen-bond donors (Lipinski definition) is 3. The first-order valence-electron chi connectivity index (χ1n) is 7.87. The van der Waals surface area contributed by atoms with Gasteiger partial charge in [0.2, 0.25) is 0 Å². The Kier molecular flexibility index (Phi) is 4.61. The molecule has 25 heavy (non-hydrogen) atoms. The number of carbonyl (C=O) groups is 1. The normalized spacial score (nSPS) is 10.4. The molecule has 6 heteroatoms. The number of para-hydroxylation sites is 1. The third-order valence-corrected chi connectivity index (χ3v) is 3.66. The van der Waals surface area contributed by atoms with E-state index in [0.29, 0.717) is 34.5 Å². The van der Waals surface area contributed by atoms with Crippen LogP contribution in [-0.4, -0.2) is 23.5 Å². The highest BCUT2D eigenvalue weighted by atomic mass is 16.5. The van der Waals surface area contributed by atoms with Crippen molar-refractivity contribution in [1.29, 1.82) is 5.41 Å². The lowest BCUT2D eigenvalue weighted by molar-refractivity contribution is 0.0978. The lowest BCUT2D eigenvalue weighted by Gasteiger charge is -2.13. The van der Waals surface area contributed by atoms with E-state index in [9.17, 15) is 4.79 Å². The lowest BCUT2D eigenvalue weighted by atomic mass is 10.0. The number of pyridine rings is 1. The second-order valence-electron chi connectivity index (χ2n) is 5.37. The molecule has 1 heterocycles. The molecule has 126 valence electrons. The summed E-state index contributed by atoms with van der Waals surface area (Å²) in [6, 6.07) is 16.7. The van der Waals surface area contributed by atoms with Crippen LogP contribution in [0, 0.1) is 5.41 Å². The van der Waals surface area contributed by atoms with Crippen LogP contribution in [0.15, 0.2) is 54.6 Å². The highest BCUT2D eigenvalue weighted by Crippen LogP contribution is 2.30. The fraction of sp³-hybridized carbons (Fsp3) is 0.105. The molecule has 1 aromatic heterocycles. The molecule has 0 spiro atoms. The summed E-state index contributed by atoms with van der Waals surface area (Å²) in [5.74, 6) is -0.252. The van der Waals surface area contributed by atoms with Crippen LogP contribution in [0.5, 0.6) is 5.75 Å². The molecule has 3 rings (SSSR count). The van der Waals surface area contributed by atoms with Crippen LogP contribution in [0.3, 0.4) is 0 Å². The van der Waals surface area contributed by atoms with E-state index in [1.807, 2.05) is 49.4 Å². The first-order chi connectivity index (χ1) is 12.1. The summed E-state index contributed by atoms with van der Waals surface area (Å²) in [6.07, 6.45) is 0. The van der Waals surface area contributed by atoms with Crippen LogP contribution in [0.1, 0.15) is 17.3 Å². The Morgan fingerprint density at radius 1 is 1.20 bits per heavy atom. The maximum absolute atomic E-state index is 12.5. The molecule has 2 aromatic carbocycles. The minimum Gasteiger partial charge on any atom is -0.492 e. The number of fused-ring (bicyclic) bond motifs is 1. The SMILES string of the molecule is CCOc1cccc2c(C(=O)NC(=N)N)cc(-c3ccccc3)nc12. The smallest absolute Gasteiger partial charge is 0.258 e. The molecular weight excluding hydrogens is 316 g/mol. The highest BCUT2D eigenvalue weighted by Gasteiger charge is 2.16. The van der Waals surface area contributed by atoms with Crippen LogP contribution in [0.2, 0.25) is 0 Å². The van der Waals surface area contributed by atoms with Gasteiger partial charge in [0, 0.05) is 10.9 Å². The van der Waals surface area contributed by atoms with E-state index in [0.717, 1.165) is 5.56 Å². The van der Waals surface area contributed by atoms with Crippen LogP contribution in [-0.2, 0) is 0 Å². The van der Waals surface area contributed by atoms with E-state index in [-0.39, 0.29) is 0 Å². The number of aromatic nitrogens is 1. The van der Waals surface area contributed by atoms with Crippen molar-refractivity contribution in [3.05, 3.63) is 60.2 Å². The van der Waals surface area contributed by atoms with Crippen molar-refractivity contribution < 1.29 is 9.53 Å². The van der Waals surface area contributed by atoms with E-state index in [2.05, 4.69) is 5.32 Å². The molecule has 0 radical (unpaired) electrons. The standard InChI is InChI=1S/C19H18N4O2/c1-2-25-16-10-6-9-13-14(18(24)23-19(20)21)11-15(22-17(13)16)12-7-4-3-5-8-12/h3-11H,2H2,1H3,(H4,20,21,23,24). The second kappa shape index (κ2) is 7.00. The zero-order valence-electron chi connectivity index (χ0n) is 13.7. The van der Waals surface area contributed by atoms with Gasteiger partial charge in [0.15, 0.2) is 5.96 Å². The number of hydrogen-bond acceptors (Lipinski definition) is 4. The number of rotatable bonds is 4. The first-order valence-corrected chi connectivity index (χ1v) is 7.87. The molecule has 4 N–H and O–H groups in total. The Labute approximate surface area is 145 Å². The highest BCUT2D eigenvalue weighted by molar-refractivity contribution is 6.13. The van der Waals surface area contributed by atoms with E-state index in [1.165, 1.54) is 0 Å². The molecule has 0 saturated carbocycles. The zero-order valence-corrected chi connectivity index (χ0v) is 13.7. The summed E-state index contributed by atoms with van der Waals surface area (Å²) in [4.78, 5) is 17.2. The fourth-order valence-corrected chi connectivity index (χ4v) is 2.63.